The lowest BCUT2D eigenvalue weighted by molar-refractivity contribution is 0.0692. The fourth-order valence-corrected chi connectivity index (χ4v) is 1.37. The molecule has 1 rings (SSSR count). The van der Waals surface area contributed by atoms with E-state index in [1.54, 1.807) is 6.07 Å². The van der Waals surface area contributed by atoms with Crippen LogP contribution in [0.4, 0.5) is 0 Å². The van der Waals surface area contributed by atoms with Gasteiger partial charge >= 0.3 is 5.97 Å². The van der Waals surface area contributed by atoms with Gasteiger partial charge in [0, 0.05) is 5.69 Å². The first-order chi connectivity index (χ1) is 7.69. The molecule has 0 aliphatic heterocycles. The lowest BCUT2D eigenvalue weighted by Gasteiger charge is -2.08. The van der Waals surface area contributed by atoms with Crippen molar-refractivity contribution in [1.82, 2.24) is 4.98 Å². The molecular weight excluding hydrogens is 206 g/mol. The second-order valence-electron chi connectivity index (χ2n) is 3.58. The first-order valence-electron chi connectivity index (χ1n) is 5.54. The summed E-state index contributed by atoms with van der Waals surface area (Å²) < 4.78 is 5.34. The molecule has 88 valence electrons. The lowest BCUT2D eigenvalue weighted by Crippen LogP contribution is -2.06. The Morgan fingerprint density at radius 1 is 1.44 bits per heavy atom. The van der Waals surface area contributed by atoms with E-state index in [4.69, 9.17) is 9.84 Å². The Balaban J connectivity index is 2.94. The number of carbonyl (C=O) groups is 1. The molecule has 0 unspecified atom stereocenters. The summed E-state index contributed by atoms with van der Waals surface area (Å²) in [6.45, 7) is 4.51. The van der Waals surface area contributed by atoms with Gasteiger partial charge in [-0.1, -0.05) is 20.3 Å². The zero-order valence-corrected chi connectivity index (χ0v) is 9.69. The van der Waals surface area contributed by atoms with Crippen molar-refractivity contribution in [3.8, 4) is 5.75 Å². The van der Waals surface area contributed by atoms with E-state index in [9.17, 15) is 4.79 Å². The summed E-state index contributed by atoms with van der Waals surface area (Å²) in [5.41, 5.74) is 0.996. The highest BCUT2D eigenvalue weighted by Gasteiger charge is 2.12. The highest BCUT2D eigenvalue weighted by molar-refractivity contribution is 5.90. The second-order valence-corrected chi connectivity index (χ2v) is 3.58. The zero-order valence-electron chi connectivity index (χ0n) is 9.69. The van der Waals surface area contributed by atoms with Crippen molar-refractivity contribution < 1.29 is 14.6 Å². The third-order valence-electron chi connectivity index (χ3n) is 2.12. The number of pyridine rings is 1. The summed E-state index contributed by atoms with van der Waals surface area (Å²) in [5.74, 6) is -0.611. The molecule has 0 fully saturated rings. The van der Waals surface area contributed by atoms with Gasteiger partial charge < -0.3 is 9.84 Å². The highest BCUT2D eigenvalue weighted by Crippen LogP contribution is 2.19. The average Bonchev–Trinajstić information content (AvgIpc) is 2.27. The molecule has 0 atom stereocenters. The molecule has 0 radical (unpaired) electrons. The number of hydrogen-bond acceptors (Lipinski definition) is 3. The van der Waals surface area contributed by atoms with Crippen LogP contribution in [0.15, 0.2) is 12.3 Å². The van der Waals surface area contributed by atoms with Gasteiger partial charge in [0.2, 0.25) is 0 Å². The molecule has 4 heteroatoms. The van der Waals surface area contributed by atoms with Crippen LogP contribution in [0.25, 0.3) is 0 Å². The van der Waals surface area contributed by atoms with Gasteiger partial charge in [0.25, 0.3) is 0 Å². The molecule has 0 amide bonds. The minimum atomic E-state index is -0.967. The zero-order chi connectivity index (χ0) is 12.0. The van der Waals surface area contributed by atoms with Gasteiger partial charge in [-0.05, 0) is 18.9 Å². The van der Waals surface area contributed by atoms with Crippen LogP contribution in [0.2, 0.25) is 0 Å². The van der Waals surface area contributed by atoms with Gasteiger partial charge in [0.15, 0.2) is 5.75 Å². The monoisotopic (exact) mass is 223 g/mol. The summed E-state index contributed by atoms with van der Waals surface area (Å²) in [5, 5.41) is 9.05. The summed E-state index contributed by atoms with van der Waals surface area (Å²) >= 11 is 0. The van der Waals surface area contributed by atoms with E-state index in [0.717, 1.165) is 25.0 Å². The summed E-state index contributed by atoms with van der Waals surface area (Å²) in [6.07, 6.45) is 4.08. The van der Waals surface area contributed by atoms with Gasteiger partial charge in [-0.3, -0.25) is 4.98 Å². The van der Waals surface area contributed by atoms with E-state index in [0.29, 0.717) is 12.4 Å². The van der Waals surface area contributed by atoms with Crippen LogP contribution in [0.5, 0.6) is 5.75 Å². The molecule has 1 N–H and O–H groups in total. The molecule has 1 heterocycles. The number of rotatable bonds is 6. The van der Waals surface area contributed by atoms with Gasteiger partial charge in [-0.2, -0.15) is 0 Å². The molecule has 1 aromatic heterocycles. The maximum absolute atomic E-state index is 11.0. The fourth-order valence-electron chi connectivity index (χ4n) is 1.37. The quantitative estimate of drug-likeness (QED) is 0.805. The number of carboxylic acid groups (broad SMARTS) is 1. The van der Waals surface area contributed by atoms with Gasteiger partial charge in [-0.15, -0.1) is 0 Å². The van der Waals surface area contributed by atoms with Gasteiger partial charge in [0.05, 0.1) is 12.8 Å². The predicted octanol–water partition coefficient (Wildman–Crippen LogP) is 2.52. The molecule has 0 aliphatic carbocycles. The Kier molecular flexibility index (Phi) is 4.76. The van der Waals surface area contributed by atoms with Crippen molar-refractivity contribution >= 4 is 5.97 Å². The van der Waals surface area contributed by atoms with Gasteiger partial charge in [0.1, 0.15) is 5.56 Å². The van der Waals surface area contributed by atoms with E-state index in [-0.39, 0.29) is 5.56 Å². The van der Waals surface area contributed by atoms with Crippen LogP contribution in [0.3, 0.4) is 0 Å². The first kappa shape index (κ1) is 12.5. The number of aromatic nitrogens is 1. The van der Waals surface area contributed by atoms with Crippen molar-refractivity contribution in [2.45, 2.75) is 33.1 Å². The standard InChI is InChI=1S/C12H17NO3/c1-3-5-9-7-10(12(14)15)11(8-13-9)16-6-4-2/h7-8H,3-6H2,1-2H3,(H,14,15). The topological polar surface area (TPSA) is 59.4 Å². The normalized spacial score (nSPS) is 10.1. The van der Waals surface area contributed by atoms with Gasteiger partial charge in [-0.25, -0.2) is 4.79 Å². The minimum Gasteiger partial charge on any atom is -0.491 e. The van der Waals surface area contributed by atoms with E-state index < -0.39 is 5.97 Å². The summed E-state index contributed by atoms with van der Waals surface area (Å²) in [6, 6.07) is 1.59. The number of hydrogen-bond donors (Lipinski definition) is 1. The molecule has 0 saturated heterocycles. The molecule has 1 aromatic rings. The molecule has 0 aliphatic rings. The van der Waals surface area contributed by atoms with E-state index in [2.05, 4.69) is 4.98 Å². The van der Waals surface area contributed by atoms with Crippen LogP contribution in [0.1, 0.15) is 42.7 Å². The number of nitrogens with zero attached hydrogens (tertiary/aromatic N) is 1. The average molecular weight is 223 g/mol. The highest BCUT2D eigenvalue weighted by atomic mass is 16.5. The maximum atomic E-state index is 11.0. The van der Waals surface area contributed by atoms with Crippen LogP contribution < -0.4 is 4.74 Å². The largest absolute Gasteiger partial charge is 0.491 e. The van der Waals surface area contributed by atoms with E-state index >= 15 is 0 Å². The lowest BCUT2D eigenvalue weighted by atomic mass is 10.1. The Morgan fingerprint density at radius 3 is 2.75 bits per heavy atom. The number of aryl methyl sites for hydroxylation is 1. The minimum absolute atomic E-state index is 0.201. The van der Waals surface area contributed by atoms with E-state index in [1.807, 2.05) is 13.8 Å². The smallest absolute Gasteiger partial charge is 0.339 e. The van der Waals surface area contributed by atoms with Crippen molar-refractivity contribution in [3.05, 3.63) is 23.5 Å². The fraction of sp³-hybridized carbons (Fsp3) is 0.500. The number of aromatic carboxylic acids is 1. The molecular formula is C12H17NO3. The summed E-state index contributed by atoms with van der Waals surface area (Å²) in [7, 11) is 0. The third-order valence-corrected chi connectivity index (χ3v) is 2.12. The van der Waals surface area contributed by atoms with Crippen molar-refractivity contribution in [2.24, 2.45) is 0 Å². The molecule has 16 heavy (non-hydrogen) atoms. The Labute approximate surface area is 95.3 Å². The first-order valence-corrected chi connectivity index (χ1v) is 5.54. The SMILES string of the molecule is CCCOc1cnc(CCC)cc1C(=O)O. The van der Waals surface area contributed by atoms with Crippen molar-refractivity contribution in [3.63, 3.8) is 0 Å². The van der Waals surface area contributed by atoms with Crippen LogP contribution in [-0.4, -0.2) is 22.7 Å². The van der Waals surface area contributed by atoms with E-state index in [1.165, 1.54) is 6.20 Å². The maximum Gasteiger partial charge on any atom is 0.339 e. The summed E-state index contributed by atoms with van der Waals surface area (Å²) in [4.78, 5) is 15.2. The molecule has 0 saturated carbocycles. The Bertz CT molecular complexity index is 363. The molecule has 4 nitrogen and oxygen atoms in total. The number of ether oxygens (including phenoxy) is 1. The third kappa shape index (κ3) is 3.22. The van der Waals surface area contributed by atoms with Crippen LogP contribution in [0, 0.1) is 0 Å². The molecule has 0 spiro atoms. The Morgan fingerprint density at radius 2 is 2.19 bits per heavy atom. The van der Waals surface area contributed by atoms with Crippen molar-refractivity contribution in [1.29, 1.82) is 0 Å². The van der Waals surface area contributed by atoms with Crippen LogP contribution in [-0.2, 0) is 6.42 Å². The molecule has 0 aromatic carbocycles. The number of carboxylic acids is 1. The second kappa shape index (κ2) is 6.10. The Hall–Kier alpha value is -1.58. The predicted molar refractivity (Wildman–Crippen MR) is 61.0 cm³/mol. The molecule has 0 bridgehead atoms. The van der Waals surface area contributed by atoms with Crippen molar-refractivity contribution in [2.75, 3.05) is 6.61 Å². The van der Waals surface area contributed by atoms with Crippen LogP contribution >= 0.6 is 0 Å².